The maximum absolute atomic E-state index is 6.56. The lowest BCUT2D eigenvalue weighted by atomic mass is 10.0. The van der Waals surface area contributed by atoms with E-state index in [-0.39, 0.29) is 5.38 Å². The van der Waals surface area contributed by atoms with E-state index in [9.17, 15) is 0 Å². The number of benzene rings is 2. The average molecular weight is 277 g/mol. The van der Waals surface area contributed by atoms with Gasteiger partial charge in [-0.25, -0.2) is 0 Å². The minimum Gasteiger partial charge on any atom is -0.496 e. The summed E-state index contributed by atoms with van der Waals surface area (Å²) in [4.78, 5) is 0. The molecule has 3 heteroatoms. The van der Waals surface area contributed by atoms with Crippen molar-refractivity contribution in [1.29, 1.82) is 0 Å². The Morgan fingerprint density at radius 2 is 1.63 bits per heavy atom. The van der Waals surface area contributed by atoms with Crippen LogP contribution < -0.4 is 9.47 Å². The van der Waals surface area contributed by atoms with Crippen molar-refractivity contribution in [1.82, 2.24) is 0 Å². The van der Waals surface area contributed by atoms with Crippen LogP contribution in [0.2, 0.25) is 0 Å². The van der Waals surface area contributed by atoms with Crippen LogP contribution in [-0.4, -0.2) is 14.2 Å². The van der Waals surface area contributed by atoms with Crippen molar-refractivity contribution in [3.05, 3.63) is 59.2 Å². The molecule has 19 heavy (non-hydrogen) atoms. The summed E-state index contributed by atoms with van der Waals surface area (Å²) >= 11 is 6.56. The van der Waals surface area contributed by atoms with Gasteiger partial charge in [-0.3, -0.25) is 0 Å². The van der Waals surface area contributed by atoms with Gasteiger partial charge in [-0.2, -0.15) is 0 Å². The van der Waals surface area contributed by atoms with Crippen molar-refractivity contribution < 1.29 is 9.47 Å². The second-order valence-corrected chi connectivity index (χ2v) is 4.77. The Hall–Kier alpha value is -1.67. The molecule has 2 nitrogen and oxygen atoms in total. The number of rotatable bonds is 4. The number of para-hydroxylation sites is 1. The largest absolute Gasteiger partial charge is 0.496 e. The summed E-state index contributed by atoms with van der Waals surface area (Å²) in [6, 6.07) is 13.8. The summed E-state index contributed by atoms with van der Waals surface area (Å²) in [7, 11) is 3.32. The van der Waals surface area contributed by atoms with Crippen LogP contribution in [0.1, 0.15) is 22.1 Å². The zero-order valence-electron chi connectivity index (χ0n) is 11.3. The summed E-state index contributed by atoms with van der Waals surface area (Å²) in [6.45, 7) is 2.01. The monoisotopic (exact) mass is 276 g/mol. The maximum atomic E-state index is 6.56. The van der Waals surface area contributed by atoms with Crippen LogP contribution in [0.5, 0.6) is 11.5 Å². The Morgan fingerprint density at radius 3 is 2.26 bits per heavy atom. The molecule has 2 aromatic carbocycles. The Bertz CT molecular complexity index is 566. The van der Waals surface area contributed by atoms with Crippen molar-refractivity contribution in [2.45, 2.75) is 12.3 Å². The van der Waals surface area contributed by atoms with E-state index in [0.717, 1.165) is 28.2 Å². The SMILES string of the molecule is COc1ccc(C(Cl)c2ccccc2OC)cc1C. The topological polar surface area (TPSA) is 18.5 Å². The zero-order valence-corrected chi connectivity index (χ0v) is 12.1. The van der Waals surface area contributed by atoms with Gasteiger partial charge in [-0.1, -0.05) is 30.3 Å². The lowest BCUT2D eigenvalue weighted by molar-refractivity contribution is 0.409. The summed E-state index contributed by atoms with van der Waals surface area (Å²) in [5.74, 6) is 1.67. The Morgan fingerprint density at radius 1 is 0.947 bits per heavy atom. The number of hydrogen-bond acceptors (Lipinski definition) is 2. The first kappa shape index (κ1) is 13.8. The molecule has 0 radical (unpaired) electrons. The fraction of sp³-hybridized carbons (Fsp3) is 0.250. The number of methoxy groups -OCH3 is 2. The first-order valence-electron chi connectivity index (χ1n) is 6.09. The molecule has 0 heterocycles. The number of aryl methyl sites for hydroxylation is 1. The molecular formula is C16H17ClO2. The second-order valence-electron chi connectivity index (χ2n) is 4.33. The molecule has 1 atom stereocenters. The van der Waals surface area contributed by atoms with Gasteiger partial charge in [0.2, 0.25) is 0 Å². The molecule has 0 aliphatic heterocycles. The summed E-state index contributed by atoms with van der Waals surface area (Å²) < 4.78 is 10.6. The quantitative estimate of drug-likeness (QED) is 0.774. The van der Waals surface area contributed by atoms with Gasteiger partial charge in [-0.05, 0) is 30.2 Å². The van der Waals surface area contributed by atoms with Gasteiger partial charge in [-0.15, -0.1) is 11.6 Å². The van der Waals surface area contributed by atoms with Gasteiger partial charge in [0.25, 0.3) is 0 Å². The highest BCUT2D eigenvalue weighted by Crippen LogP contribution is 2.36. The molecule has 0 spiro atoms. The van der Waals surface area contributed by atoms with Crippen molar-refractivity contribution in [2.24, 2.45) is 0 Å². The maximum Gasteiger partial charge on any atom is 0.123 e. The normalized spacial score (nSPS) is 12.0. The van der Waals surface area contributed by atoms with E-state index in [1.54, 1.807) is 14.2 Å². The van der Waals surface area contributed by atoms with Crippen LogP contribution in [0.4, 0.5) is 0 Å². The van der Waals surface area contributed by atoms with E-state index in [1.807, 2.05) is 49.4 Å². The third-order valence-electron chi connectivity index (χ3n) is 3.12. The molecule has 0 amide bonds. The number of hydrogen-bond donors (Lipinski definition) is 0. The molecule has 0 aliphatic carbocycles. The van der Waals surface area contributed by atoms with E-state index in [1.165, 1.54) is 0 Å². The lowest BCUT2D eigenvalue weighted by Gasteiger charge is -2.15. The molecule has 2 aromatic rings. The molecule has 0 N–H and O–H groups in total. The van der Waals surface area contributed by atoms with E-state index in [2.05, 4.69) is 0 Å². The minimum atomic E-state index is -0.235. The molecule has 0 bridgehead atoms. The predicted molar refractivity (Wildman–Crippen MR) is 78.4 cm³/mol. The summed E-state index contributed by atoms with van der Waals surface area (Å²) in [6.07, 6.45) is 0. The highest BCUT2D eigenvalue weighted by molar-refractivity contribution is 6.22. The van der Waals surface area contributed by atoms with E-state index in [4.69, 9.17) is 21.1 Å². The second kappa shape index (κ2) is 5.98. The number of ether oxygens (including phenoxy) is 2. The molecule has 0 saturated heterocycles. The Kier molecular flexibility index (Phi) is 4.33. The predicted octanol–water partition coefficient (Wildman–Crippen LogP) is 4.34. The standard InChI is InChI=1S/C16H17ClO2/c1-11-10-12(8-9-14(11)18-2)16(17)13-6-4-5-7-15(13)19-3/h4-10,16H,1-3H3. The fourth-order valence-corrected chi connectivity index (χ4v) is 2.43. The van der Waals surface area contributed by atoms with Gasteiger partial charge in [0.05, 0.1) is 19.6 Å². The van der Waals surface area contributed by atoms with Crippen LogP contribution in [0.15, 0.2) is 42.5 Å². The molecule has 1 unspecified atom stereocenters. The molecule has 0 aromatic heterocycles. The van der Waals surface area contributed by atoms with Gasteiger partial charge in [0, 0.05) is 5.56 Å². The molecular weight excluding hydrogens is 260 g/mol. The number of halogens is 1. The summed E-state index contributed by atoms with van der Waals surface area (Å²) in [5.41, 5.74) is 3.07. The van der Waals surface area contributed by atoms with Crippen molar-refractivity contribution in [3.8, 4) is 11.5 Å². The van der Waals surface area contributed by atoms with Crippen molar-refractivity contribution >= 4 is 11.6 Å². The van der Waals surface area contributed by atoms with Gasteiger partial charge in [0.1, 0.15) is 11.5 Å². The van der Waals surface area contributed by atoms with Crippen LogP contribution in [0.3, 0.4) is 0 Å². The Balaban J connectivity index is 2.38. The van der Waals surface area contributed by atoms with Crippen LogP contribution >= 0.6 is 11.6 Å². The van der Waals surface area contributed by atoms with Gasteiger partial charge >= 0.3 is 0 Å². The fourth-order valence-electron chi connectivity index (χ4n) is 2.11. The van der Waals surface area contributed by atoms with Crippen LogP contribution in [-0.2, 0) is 0 Å². The molecule has 100 valence electrons. The minimum absolute atomic E-state index is 0.235. The number of alkyl halides is 1. The molecule has 0 fully saturated rings. The molecule has 0 aliphatic rings. The van der Waals surface area contributed by atoms with E-state index in [0.29, 0.717) is 0 Å². The third kappa shape index (κ3) is 2.85. The average Bonchev–Trinajstić information content (AvgIpc) is 2.46. The highest BCUT2D eigenvalue weighted by Gasteiger charge is 2.16. The van der Waals surface area contributed by atoms with E-state index < -0.39 is 0 Å². The molecule has 0 saturated carbocycles. The first-order valence-corrected chi connectivity index (χ1v) is 6.52. The van der Waals surface area contributed by atoms with E-state index >= 15 is 0 Å². The smallest absolute Gasteiger partial charge is 0.123 e. The third-order valence-corrected chi connectivity index (χ3v) is 3.61. The van der Waals surface area contributed by atoms with Gasteiger partial charge in [0.15, 0.2) is 0 Å². The zero-order chi connectivity index (χ0) is 13.8. The van der Waals surface area contributed by atoms with Crippen LogP contribution in [0.25, 0.3) is 0 Å². The molecule has 2 rings (SSSR count). The first-order chi connectivity index (χ1) is 9.17. The van der Waals surface area contributed by atoms with Gasteiger partial charge < -0.3 is 9.47 Å². The highest BCUT2D eigenvalue weighted by atomic mass is 35.5. The summed E-state index contributed by atoms with van der Waals surface area (Å²) in [5, 5.41) is -0.235. The Labute approximate surface area is 118 Å². The van der Waals surface area contributed by atoms with Crippen LogP contribution in [0, 0.1) is 6.92 Å². The van der Waals surface area contributed by atoms with Crippen molar-refractivity contribution in [3.63, 3.8) is 0 Å². The van der Waals surface area contributed by atoms with Crippen molar-refractivity contribution in [2.75, 3.05) is 14.2 Å². The lowest BCUT2D eigenvalue weighted by Crippen LogP contribution is -1.98.